The molecule has 0 radical (unpaired) electrons. The van der Waals surface area contributed by atoms with E-state index in [9.17, 15) is 4.91 Å². The maximum Gasteiger partial charge on any atom is 0.124 e. The molecule has 0 saturated heterocycles. The number of rotatable bonds is 2. The number of aromatic nitrogens is 1. The van der Waals surface area contributed by atoms with Crippen LogP contribution in [0.15, 0.2) is 41.6 Å². The largest absolute Gasteiger partial charge is 0.399 e. The van der Waals surface area contributed by atoms with Gasteiger partial charge in [0.15, 0.2) is 0 Å². The molecule has 4 nitrogen and oxygen atoms in total. The minimum absolute atomic E-state index is 0.427. The second-order valence-electron chi connectivity index (χ2n) is 4.33. The van der Waals surface area contributed by atoms with Gasteiger partial charge >= 0.3 is 0 Å². The van der Waals surface area contributed by atoms with Crippen LogP contribution in [-0.4, -0.2) is 4.98 Å². The van der Waals surface area contributed by atoms with E-state index < -0.39 is 0 Å². The highest BCUT2D eigenvalue weighted by Gasteiger charge is 2.08. The number of hydrogen-bond donors (Lipinski definition) is 1. The Morgan fingerprint density at radius 3 is 2.57 bits per heavy atom. The summed E-state index contributed by atoms with van der Waals surface area (Å²) in [6.45, 7) is 5.97. The molecular formula is C16H17N3OS. The minimum atomic E-state index is 0.427. The molecule has 3 aromatic rings. The third kappa shape index (κ3) is 3.08. The molecule has 0 aliphatic carbocycles. The van der Waals surface area contributed by atoms with Gasteiger partial charge in [0.2, 0.25) is 0 Å². The Kier molecular flexibility index (Phi) is 4.65. The zero-order chi connectivity index (χ0) is 15.4. The number of anilines is 1. The van der Waals surface area contributed by atoms with Gasteiger partial charge < -0.3 is 5.73 Å². The molecule has 0 fully saturated rings. The van der Waals surface area contributed by atoms with Crippen molar-refractivity contribution in [3.63, 3.8) is 0 Å². The average Bonchev–Trinajstić information content (AvgIpc) is 2.94. The van der Waals surface area contributed by atoms with Crippen molar-refractivity contribution in [3.8, 4) is 10.6 Å². The summed E-state index contributed by atoms with van der Waals surface area (Å²) < 4.78 is 0.960. The topological polar surface area (TPSA) is 68.3 Å². The van der Waals surface area contributed by atoms with Crippen LogP contribution in [0.25, 0.3) is 20.8 Å². The van der Waals surface area contributed by atoms with E-state index >= 15 is 0 Å². The summed E-state index contributed by atoms with van der Waals surface area (Å²) in [4.78, 5) is 15.1. The van der Waals surface area contributed by atoms with E-state index in [-0.39, 0.29) is 0 Å². The Morgan fingerprint density at radius 1 is 1.14 bits per heavy atom. The highest BCUT2D eigenvalue weighted by atomic mass is 32.1. The third-order valence-corrected chi connectivity index (χ3v) is 4.06. The van der Waals surface area contributed by atoms with Gasteiger partial charge in [0, 0.05) is 11.3 Å². The molecule has 1 aromatic heterocycles. The molecule has 0 amide bonds. The van der Waals surface area contributed by atoms with Crippen LogP contribution in [0.4, 0.5) is 11.4 Å². The lowest BCUT2D eigenvalue weighted by molar-refractivity contribution is 1.43. The molecular weight excluding hydrogens is 282 g/mol. The predicted molar refractivity (Wildman–Crippen MR) is 91.0 cm³/mol. The molecule has 1 heterocycles. The van der Waals surface area contributed by atoms with E-state index in [4.69, 9.17) is 5.73 Å². The number of aryl methyl sites for hydroxylation is 1. The molecule has 0 atom stereocenters. The second kappa shape index (κ2) is 6.45. The Bertz CT molecular complexity index is 780. The summed E-state index contributed by atoms with van der Waals surface area (Å²) in [6, 6.07) is 11.1. The lowest BCUT2D eigenvalue weighted by atomic mass is 10.1. The standard InChI is InChI=1S/C14H11N3OS.C2H6/c1-8-6-9(2-4-11(8)15)14-16-12-5-3-10(17-18)7-13(12)19-14;1-2/h2-7H,15H2,1H3;1-2H3. The van der Waals surface area contributed by atoms with Crippen LogP contribution >= 0.6 is 11.3 Å². The van der Waals surface area contributed by atoms with Gasteiger partial charge in [-0.05, 0) is 54.1 Å². The first-order chi connectivity index (χ1) is 10.2. The van der Waals surface area contributed by atoms with Gasteiger partial charge in [-0.1, -0.05) is 13.8 Å². The van der Waals surface area contributed by atoms with Gasteiger partial charge in [-0.15, -0.1) is 16.2 Å². The molecule has 0 bridgehead atoms. The maximum absolute atomic E-state index is 10.5. The molecule has 21 heavy (non-hydrogen) atoms. The molecule has 2 N–H and O–H groups in total. The van der Waals surface area contributed by atoms with Gasteiger partial charge in [-0.2, -0.15) is 0 Å². The van der Waals surface area contributed by atoms with E-state index in [1.807, 2.05) is 45.0 Å². The van der Waals surface area contributed by atoms with Crippen LogP contribution in [0, 0.1) is 11.8 Å². The van der Waals surface area contributed by atoms with Crippen molar-refractivity contribution >= 4 is 32.9 Å². The van der Waals surface area contributed by atoms with Gasteiger partial charge in [-0.25, -0.2) is 4.98 Å². The summed E-state index contributed by atoms with van der Waals surface area (Å²) in [5, 5.41) is 3.86. The number of nitroso groups, excluding NO2 is 1. The molecule has 0 aliphatic rings. The fourth-order valence-electron chi connectivity index (χ4n) is 1.90. The zero-order valence-corrected chi connectivity index (χ0v) is 13.1. The van der Waals surface area contributed by atoms with Crippen LogP contribution in [0.3, 0.4) is 0 Å². The summed E-state index contributed by atoms with van der Waals surface area (Å²) >= 11 is 1.54. The molecule has 2 aromatic carbocycles. The smallest absolute Gasteiger partial charge is 0.124 e. The molecule has 0 aliphatic heterocycles. The summed E-state index contributed by atoms with van der Waals surface area (Å²) in [5.41, 5.74) is 9.96. The Balaban J connectivity index is 0.000000774. The number of nitrogens with zero attached hydrogens (tertiary/aromatic N) is 2. The molecule has 0 saturated carbocycles. The maximum atomic E-state index is 10.5. The van der Waals surface area contributed by atoms with Gasteiger partial charge in [0.1, 0.15) is 10.7 Å². The van der Waals surface area contributed by atoms with Crippen molar-refractivity contribution in [1.29, 1.82) is 0 Å². The molecule has 0 unspecified atom stereocenters. The van der Waals surface area contributed by atoms with E-state index in [2.05, 4.69) is 10.2 Å². The number of fused-ring (bicyclic) bond motifs is 1. The molecule has 108 valence electrons. The summed E-state index contributed by atoms with van der Waals surface area (Å²) in [5.74, 6) is 0. The van der Waals surface area contributed by atoms with E-state index in [0.29, 0.717) is 5.69 Å². The Morgan fingerprint density at radius 2 is 1.90 bits per heavy atom. The highest BCUT2D eigenvalue weighted by molar-refractivity contribution is 7.21. The van der Waals surface area contributed by atoms with E-state index in [1.54, 1.807) is 23.5 Å². The monoisotopic (exact) mass is 299 g/mol. The number of thiazole rings is 1. The van der Waals surface area contributed by atoms with Crippen LogP contribution in [0.2, 0.25) is 0 Å². The van der Waals surface area contributed by atoms with Crippen molar-refractivity contribution in [3.05, 3.63) is 46.9 Å². The summed E-state index contributed by atoms with van der Waals surface area (Å²) in [6.07, 6.45) is 0. The fourth-order valence-corrected chi connectivity index (χ4v) is 2.90. The first-order valence-electron chi connectivity index (χ1n) is 6.78. The predicted octanol–water partition coefficient (Wildman–Crippen LogP) is 5.28. The van der Waals surface area contributed by atoms with Crippen LogP contribution in [0.1, 0.15) is 19.4 Å². The highest BCUT2D eigenvalue weighted by Crippen LogP contribution is 2.33. The lowest BCUT2D eigenvalue weighted by Gasteiger charge is -2.01. The Hall–Kier alpha value is -2.27. The van der Waals surface area contributed by atoms with Crippen molar-refractivity contribution in [1.82, 2.24) is 4.98 Å². The summed E-state index contributed by atoms with van der Waals surface area (Å²) in [7, 11) is 0. The first-order valence-corrected chi connectivity index (χ1v) is 7.59. The van der Waals surface area contributed by atoms with Crippen molar-refractivity contribution in [2.45, 2.75) is 20.8 Å². The fraction of sp³-hybridized carbons (Fsp3) is 0.188. The number of nitrogens with two attached hydrogens (primary N) is 1. The second-order valence-corrected chi connectivity index (χ2v) is 5.36. The number of nitrogen functional groups attached to an aromatic ring is 1. The SMILES string of the molecule is CC.Cc1cc(-c2nc3ccc(N=O)cc3s2)ccc1N. The van der Waals surface area contributed by atoms with Gasteiger partial charge in [0.25, 0.3) is 0 Å². The quantitative estimate of drug-likeness (QED) is 0.517. The lowest BCUT2D eigenvalue weighted by Crippen LogP contribution is -1.89. The van der Waals surface area contributed by atoms with Gasteiger partial charge in [0.05, 0.1) is 10.2 Å². The number of benzene rings is 2. The van der Waals surface area contributed by atoms with E-state index in [1.165, 1.54) is 0 Å². The van der Waals surface area contributed by atoms with Crippen LogP contribution < -0.4 is 5.73 Å². The van der Waals surface area contributed by atoms with Gasteiger partial charge in [-0.3, -0.25) is 0 Å². The van der Waals surface area contributed by atoms with E-state index in [0.717, 1.165) is 32.0 Å². The molecule has 5 heteroatoms. The van der Waals surface area contributed by atoms with Crippen LogP contribution in [0.5, 0.6) is 0 Å². The zero-order valence-electron chi connectivity index (χ0n) is 12.3. The minimum Gasteiger partial charge on any atom is -0.399 e. The van der Waals surface area contributed by atoms with Crippen molar-refractivity contribution < 1.29 is 0 Å². The average molecular weight is 299 g/mol. The normalized spacial score (nSPS) is 10.0. The third-order valence-electron chi connectivity index (χ3n) is 2.99. The number of hydrogen-bond acceptors (Lipinski definition) is 5. The van der Waals surface area contributed by atoms with Crippen LogP contribution in [-0.2, 0) is 0 Å². The van der Waals surface area contributed by atoms with Crippen molar-refractivity contribution in [2.24, 2.45) is 5.18 Å². The first kappa shape index (κ1) is 15.1. The molecule has 0 spiro atoms. The van der Waals surface area contributed by atoms with Crippen molar-refractivity contribution in [2.75, 3.05) is 5.73 Å². The molecule has 3 rings (SSSR count). The Labute approximate surface area is 127 Å².